The van der Waals surface area contributed by atoms with Crippen molar-refractivity contribution in [1.29, 1.82) is 5.41 Å². The molecule has 0 saturated heterocycles. The molecule has 4 rings (SSSR count). The number of nitrogen functional groups attached to an aromatic ring is 1. The first-order valence-corrected chi connectivity index (χ1v) is 10.6. The second-order valence-electron chi connectivity index (χ2n) is 7.59. The number of nitrogens with two attached hydrogens (primary N) is 1. The molecule has 33 heavy (non-hydrogen) atoms. The number of nitrogens with zero attached hydrogens (tertiary/aromatic N) is 3. The van der Waals surface area contributed by atoms with E-state index >= 15 is 0 Å². The first-order valence-electron chi connectivity index (χ1n) is 10.6. The molecule has 170 valence electrons. The molecule has 4 aromatic rings. The first kappa shape index (κ1) is 22.2. The van der Waals surface area contributed by atoms with Crippen molar-refractivity contribution in [3.8, 4) is 0 Å². The van der Waals surface area contributed by atoms with E-state index in [2.05, 4.69) is 20.3 Å². The number of imidazole rings is 1. The van der Waals surface area contributed by atoms with Gasteiger partial charge in [-0.05, 0) is 44.5 Å². The molecule has 2 heterocycles. The molecule has 0 radical (unpaired) electrons. The summed E-state index contributed by atoms with van der Waals surface area (Å²) in [5, 5.41) is 10.2. The van der Waals surface area contributed by atoms with Crippen molar-refractivity contribution < 1.29 is 9.53 Å². The van der Waals surface area contributed by atoms with Gasteiger partial charge in [0.1, 0.15) is 5.69 Å². The van der Waals surface area contributed by atoms with Crippen molar-refractivity contribution in [2.24, 2.45) is 0 Å². The highest BCUT2D eigenvalue weighted by molar-refractivity contribution is 6.05. The van der Waals surface area contributed by atoms with Crippen molar-refractivity contribution in [3.05, 3.63) is 57.5 Å². The predicted molar refractivity (Wildman–Crippen MR) is 128 cm³/mol. The second kappa shape index (κ2) is 9.21. The summed E-state index contributed by atoms with van der Waals surface area (Å²) >= 11 is 0. The van der Waals surface area contributed by atoms with E-state index in [0.717, 1.165) is 18.2 Å². The summed E-state index contributed by atoms with van der Waals surface area (Å²) in [6, 6.07) is 8.38. The third kappa shape index (κ3) is 4.46. The van der Waals surface area contributed by atoms with Crippen LogP contribution >= 0.6 is 0 Å². The normalized spacial score (nSPS) is 11.2. The van der Waals surface area contributed by atoms with Gasteiger partial charge in [-0.2, -0.15) is 0 Å². The van der Waals surface area contributed by atoms with E-state index in [1.165, 1.54) is 6.07 Å². The molecule has 10 heteroatoms. The van der Waals surface area contributed by atoms with Crippen molar-refractivity contribution in [2.45, 2.75) is 26.8 Å². The van der Waals surface area contributed by atoms with Crippen molar-refractivity contribution in [3.63, 3.8) is 0 Å². The Balaban J connectivity index is 1.75. The van der Waals surface area contributed by atoms with Crippen molar-refractivity contribution >= 4 is 45.8 Å². The smallest absolute Gasteiger partial charge is 0.269 e. The third-order valence-corrected chi connectivity index (χ3v) is 5.33. The summed E-state index contributed by atoms with van der Waals surface area (Å²) in [6.07, 6.45) is 1.86. The number of fused-ring (bicyclic) bond motifs is 2. The van der Waals surface area contributed by atoms with Gasteiger partial charge in [-0.1, -0.05) is 6.07 Å². The molecular weight excluding hydrogens is 422 g/mol. The van der Waals surface area contributed by atoms with E-state index in [1.807, 2.05) is 17.6 Å². The number of amides is 1. The van der Waals surface area contributed by atoms with Gasteiger partial charge in [0.05, 0.1) is 22.1 Å². The maximum absolute atomic E-state index is 12.9. The van der Waals surface area contributed by atoms with Crippen LogP contribution in [0.1, 0.15) is 35.0 Å². The SMILES string of the molecule is CCOCCCn1c(NC(=O)c2ccc(C=N)c(N)c2)nc2cc3[nH]c(=O)c(C)nc3cc21. The number of aromatic nitrogens is 4. The predicted octanol–water partition coefficient (Wildman–Crippen LogP) is 2.84. The maximum atomic E-state index is 12.9. The van der Waals surface area contributed by atoms with E-state index < -0.39 is 0 Å². The van der Waals surface area contributed by atoms with Crippen LogP contribution in [-0.2, 0) is 11.3 Å². The summed E-state index contributed by atoms with van der Waals surface area (Å²) in [7, 11) is 0. The molecule has 0 aliphatic rings. The molecule has 10 nitrogen and oxygen atoms in total. The van der Waals surface area contributed by atoms with Gasteiger partial charge in [-0.3, -0.25) is 14.9 Å². The number of anilines is 2. The highest BCUT2D eigenvalue weighted by Crippen LogP contribution is 2.25. The van der Waals surface area contributed by atoms with Gasteiger partial charge in [0.2, 0.25) is 5.95 Å². The lowest BCUT2D eigenvalue weighted by molar-refractivity contribution is 0.102. The Morgan fingerprint density at radius 3 is 2.82 bits per heavy atom. The maximum Gasteiger partial charge on any atom is 0.269 e. The number of benzene rings is 2. The Kier molecular flexibility index (Phi) is 6.18. The van der Waals surface area contributed by atoms with Gasteiger partial charge in [0, 0.05) is 42.8 Å². The second-order valence-corrected chi connectivity index (χ2v) is 7.59. The van der Waals surface area contributed by atoms with Gasteiger partial charge in [-0.25, -0.2) is 9.97 Å². The molecule has 0 unspecified atom stereocenters. The monoisotopic (exact) mass is 447 g/mol. The molecule has 0 aliphatic heterocycles. The average molecular weight is 447 g/mol. The fraction of sp³-hybridized carbons (Fsp3) is 0.261. The molecule has 2 aromatic carbocycles. The van der Waals surface area contributed by atoms with Crippen LogP contribution in [0.4, 0.5) is 11.6 Å². The number of nitrogens with one attached hydrogen (secondary N) is 3. The molecule has 0 bridgehead atoms. The third-order valence-electron chi connectivity index (χ3n) is 5.33. The molecule has 0 fully saturated rings. The molecular formula is C23H25N7O3. The summed E-state index contributed by atoms with van der Waals surface area (Å²) < 4.78 is 7.37. The Morgan fingerprint density at radius 2 is 2.09 bits per heavy atom. The number of aryl methyl sites for hydroxylation is 2. The van der Waals surface area contributed by atoms with Crippen LogP contribution in [0, 0.1) is 12.3 Å². The van der Waals surface area contributed by atoms with Crippen LogP contribution in [0.5, 0.6) is 0 Å². The van der Waals surface area contributed by atoms with Crippen molar-refractivity contribution in [2.75, 3.05) is 24.3 Å². The van der Waals surface area contributed by atoms with Gasteiger partial charge in [0.15, 0.2) is 0 Å². The minimum atomic E-state index is -0.369. The summed E-state index contributed by atoms with van der Waals surface area (Å²) in [5.41, 5.74) is 9.92. The van der Waals surface area contributed by atoms with E-state index in [0.29, 0.717) is 64.8 Å². The van der Waals surface area contributed by atoms with Crippen LogP contribution in [0.3, 0.4) is 0 Å². The molecule has 1 amide bonds. The van der Waals surface area contributed by atoms with Gasteiger partial charge in [0.25, 0.3) is 11.5 Å². The van der Waals surface area contributed by atoms with Crippen LogP contribution in [-0.4, -0.2) is 44.9 Å². The Labute approximate surface area is 189 Å². The lowest BCUT2D eigenvalue weighted by Gasteiger charge is -2.11. The number of H-pyrrole nitrogens is 1. The number of ether oxygens (including phenoxy) is 1. The lowest BCUT2D eigenvalue weighted by atomic mass is 10.1. The quantitative estimate of drug-likeness (QED) is 0.185. The molecule has 2 aromatic heterocycles. The van der Waals surface area contributed by atoms with Crippen LogP contribution in [0.2, 0.25) is 0 Å². The number of rotatable bonds is 8. The van der Waals surface area contributed by atoms with Crippen LogP contribution in [0.15, 0.2) is 35.1 Å². The number of aromatic amines is 1. The van der Waals surface area contributed by atoms with Crippen molar-refractivity contribution in [1.82, 2.24) is 19.5 Å². The molecule has 5 N–H and O–H groups in total. The van der Waals surface area contributed by atoms with Gasteiger partial charge in [-0.15, -0.1) is 0 Å². The highest BCUT2D eigenvalue weighted by atomic mass is 16.5. The number of hydrogen-bond acceptors (Lipinski definition) is 7. The van der Waals surface area contributed by atoms with Crippen LogP contribution in [0.25, 0.3) is 22.1 Å². The summed E-state index contributed by atoms with van der Waals surface area (Å²) in [6.45, 7) is 5.36. The number of hydrogen-bond donors (Lipinski definition) is 4. The zero-order valence-electron chi connectivity index (χ0n) is 18.4. The fourth-order valence-corrected chi connectivity index (χ4v) is 3.61. The average Bonchev–Trinajstić information content (AvgIpc) is 3.11. The van der Waals surface area contributed by atoms with Gasteiger partial charge >= 0.3 is 0 Å². The van der Waals surface area contributed by atoms with E-state index in [1.54, 1.807) is 25.1 Å². The zero-order chi connectivity index (χ0) is 23.5. The van der Waals surface area contributed by atoms with Crippen LogP contribution < -0.4 is 16.6 Å². The van der Waals surface area contributed by atoms with E-state index in [9.17, 15) is 9.59 Å². The number of carbonyl (C=O) groups is 1. The highest BCUT2D eigenvalue weighted by Gasteiger charge is 2.17. The summed E-state index contributed by atoms with van der Waals surface area (Å²) in [5.74, 6) is 0.00195. The van der Waals surface area contributed by atoms with E-state index in [4.69, 9.17) is 15.9 Å². The minimum Gasteiger partial charge on any atom is -0.398 e. The topological polar surface area (TPSA) is 152 Å². The standard InChI is InChI=1S/C23H25N7O3/c1-3-33-8-4-7-30-20-11-18-17(27-21(31)13(2)26-18)10-19(20)28-23(30)29-22(32)14-5-6-15(12-24)16(25)9-14/h5-6,9-12,24H,3-4,7-8,25H2,1-2H3,(H,27,31)(H,28,29,32). The Hall–Kier alpha value is -4.05. The molecule has 0 aliphatic carbocycles. The van der Waals surface area contributed by atoms with E-state index in [-0.39, 0.29) is 11.5 Å². The first-order chi connectivity index (χ1) is 15.9. The number of carbonyl (C=O) groups excluding carboxylic acids is 1. The zero-order valence-corrected chi connectivity index (χ0v) is 18.4. The van der Waals surface area contributed by atoms with Gasteiger partial charge < -0.3 is 25.4 Å². The molecule has 0 spiro atoms. The lowest BCUT2D eigenvalue weighted by Crippen LogP contribution is -2.17. The Bertz CT molecular complexity index is 1420. The fourth-order valence-electron chi connectivity index (χ4n) is 3.61. The molecule has 0 atom stereocenters. The Morgan fingerprint density at radius 1 is 1.27 bits per heavy atom. The summed E-state index contributed by atoms with van der Waals surface area (Å²) in [4.78, 5) is 36.7. The largest absolute Gasteiger partial charge is 0.398 e. The molecule has 0 saturated carbocycles. The minimum absolute atomic E-state index is 0.252.